The Balaban J connectivity index is 1.78. The van der Waals surface area contributed by atoms with Crippen LogP contribution in [0.2, 0.25) is 5.02 Å². The summed E-state index contributed by atoms with van der Waals surface area (Å²) in [6.45, 7) is -1.83. The molecule has 0 radical (unpaired) electrons. The largest absolute Gasteiger partial charge is 0.489 e. The molecule has 4 aromatic rings. The van der Waals surface area contributed by atoms with Crippen LogP contribution in [0.15, 0.2) is 29.2 Å². The maximum absolute atomic E-state index is 15.6. The van der Waals surface area contributed by atoms with E-state index in [2.05, 4.69) is 15.3 Å². The summed E-state index contributed by atoms with van der Waals surface area (Å²) < 4.78 is 66.8. The zero-order chi connectivity index (χ0) is 28.1. The predicted octanol–water partition coefficient (Wildman–Crippen LogP) is 4.60. The number of rotatable bonds is 7. The van der Waals surface area contributed by atoms with Crippen molar-refractivity contribution in [3.05, 3.63) is 56.8 Å². The van der Waals surface area contributed by atoms with E-state index in [4.69, 9.17) is 26.8 Å². The second-order valence-corrected chi connectivity index (χ2v) is 9.29. The molecule has 2 aromatic carbocycles. The third kappa shape index (κ3) is 5.00. The first-order chi connectivity index (χ1) is 18.5. The molecule has 0 spiro atoms. The van der Waals surface area contributed by atoms with Gasteiger partial charge in [-0.15, -0.1) is 0 Å². The number of nitriles is 1. The van der Waals surface area contributed by atoms with Gasteiger partial charge in [-0.05, 0) is 30.5 Å². The number of alkyl halides is 3. The normalized spacial score (nSPS) is 13.5. The number of hydrogen-bond donors (Lipinski definition) is 2. The number of nitrogens with zero attached hydrogens (tertiary/aromatic N) is 4. The Morgan fingerprint density at radius 2 is 2.03 bits per heavy atom. The van der Waals surface area contributed by atoms with Crippen molar-refractivity contribution in [1.29, 1.82) is 5.26 Å². The molecule has 39 heavy (non-hydrogen) atoms. The average molecular weight is 563 g/mol. The first-order valence-corrected chi connectivity index (χ1v) is 12.0. The summed E-state index contributed by atoms with van der Waals surface area (Å²) in [7, 11) is 1.50. The maximum Gasteiger partial charge on any atom is 0.422 e. The number of halogens is 5. The minimum Gasteiger partial charge on any atom is -0.489 e. The monoisotopic (exact) mass is 562 g/mol. The standard InChI is InChI=1S/C25H19ClF4N6O3/c1-36-23(21-14(7-31)18(39-12-2-3-12)6-16(26)22(21)27)15(9-33-36)11-4-13-17(8-32)34-35-24(37)20(13)19(5-11)38-10-25(28,29)30/h4-6,9,12H,2-3,8,10,32H2,1H3,(H,35,37). The van der Waals surface area contributed by atoms with Gasteiger partial charge < -0.3 is 15.2 Å². The number of ether oxygens (including phenoxy) is 2. The zero-order valence-corrected chi connectivity index (χ0v) is 21.0. The number of aromatic amines is 1. The van der Waals surface area contributed by atoms with Crippen molar-refractivity contribution in [3.8, 4) is 40.0 Å². The summed E-state index contributed by atoms with van der Waals surface area (Å²) >= 11 is 6.18. The van der Waals surface area contributed by atoms with E-state index in [-0.39, 0.29) is 67.8 Å². The Labute approximate surface area is 222 Å². The first kappa shape index (κ1) is 26.5. The fourth-order valence-corrected chi connectivity index (χ4v) is 4.43. The molecule has 1 saturated carbocycles. The third-order valence-electron chi connectivity index (χ3n) is 6.12. The quantitative estimate of drug-likeness (QED) is 0.315. The van der Waals surface area contributed by atoms with Gasteiger partial charge in [0.2, 0.25) is 0 Å². The van der Waals surface area contributed by atoms with Crippen LogP contribution in [0.4, 0.5) is 17.6 Å². The predicted molar refractivity (Wildman–Crippen MR) is 133 cm³/mol. The van der Waals surface area contributed by atoms with Gasteiger partial charge in [0, 0.05) is 30.6 Å². The van der Waals surface area contributed by atoms with Crippen LogP contribution in [0.5, 0.6) is 11.5 Å². The van der Waals surface area contributed by atoms with Gasteiger partial charge in [-0.2, -0.15) is 28.6 Å². The van der Waals surface area contributed by atoms with Crippen molar-refractivity contribution in [3.63, 3.8) is 0 Å². The number of nitrogens with one attached hydrogen (secondary N) is 1. The molecule has 0 amide bonds. The summed E-state index contributed by atoms with van der Waals surface area (Å²) in [4.78, 5) is 12.6. The molecule has 1 aliphatic rings. The van der Waals surface area contributed by atoms with Crippen molar-refractivity contribution in [1.82, 2.24) is 20.0 Å². The smallest absolute Gasteiger partial charge is 0.422 e. The van der Waals surface area contributed by atoms with E-state index in [0.29, 0.717) is 0 Å². The second kappa shape index (κ2) is 9.87. The van der Waals surface area contributed by atoms with Crippen LogP contribution in [0.25, 0.3) is 33.2 Å². The molecule has 9 nitrogen and oxygen atoms in total. The van der Waals surface area contributed by atoms with Crippen molar-refractivity contribution < 1.29 is 27.0 Å². The molecule has 0 aliphatic heterocycles. The van der Waals surface area contributed by atoms with Crippen molar-refractivity contribution in [2.24, 2.45) is 12.8 Å². The lowest BCUT2D eigenvalue weighted by Crippen LogP contribution is -2.21. The van der Waals surface area contributed by atoms with Crippen molar-refractivity contribution in [2.75, 3.05) is 6.61 Å². The minimum absolute atomic E-state index is 0.0976. The molecule has 3 N–H and O–H groups in total. The molecule has 2 aromatic heterocycles. The summed E-state index contributed by atoms with van der Waals surface area (Å²) in [6, 6.07) is 5.89. The van der Waals surface area contributed by atoms with E-state index in [1.54, 1.807) is 0 Å². The van der Waals surface area contributed by atoms with E-state index in [9.17, 15) is 23.2 Å². The number of aromatic nitrogens is 4. The molecule has 14 heteroatoms. The first-order valence-electron chi connectivity index (χ1n) is 11.6. The van der Waals surface area contributed by atoms with Crippen molar-refractivity contribution in [2.45, 2.75) is 31.7 Å². The lowest BCUT2D eigenvalue weighted by atomic mass is 9.95. The van der Waals surface area contributed by atoms with E-state index >= 15 is 4.39 Å². The van der Waals surface area contributed by atoms with Crippen LogP contribution < -0.4 is 20.8 Å². The average Bonchev–Trinajstić information content (AvgIpc) is 3.63. The Morgan fingerprint density at radius 1 is 1.28 bits per heavy atom. The van der Waals surface area contributed by atoms with Crippen LogP contribution in [0, 0.1) is 17.1 Å². The summed E-state index contributed by atoms with van der Waals surface area (Å²) in [5.41, 5.74) is 5.37. The topological polar surface area (TPSA) is 132 Å². The van der Waals surface area contributed by atoms with E-state index in [1.807, 2.05) is 6.07 Å². The maximum atomic E-state index is 15.6. The van der Waals surface area contributed by atoms with E-state index in [1.165, 1.54) is 36.1 Å². The fourth-order valence-electron chi connectivity index (χ4n) is 4.24. The van der Waals surface area contributed by atoms with Gasteiger partial charge in [0.05, 0.1) is 39.7 Å². The molecule has 1 fully saturated rings. The van der Waals surface area contributed by atoms with Gasteiger partial charge in [0.25, 0.3) is 5.56 Å². The van der Waals surface area contributed by atoms with Crippen LogP contribution >= 0.6 is 11.6 Å². The third-order valence-corrected chi connectivity index (χ3v) is 6.39. The molecule has 0 atom stereocenters. The van der Waals surface area contributed by atoms with Crippen LogP contribution in [-0.2, 0) is 13.6 Å². The highest BCUT2D eigenvalue weighted by molar-refractivity contribution is 6.31. The molecule has 5 rings (SSSR count). The van der Waals surface area contributed by atoms with Gasteiger partial charge >= 0.3 is 6.18 Å². The second-order valence-electron chi connectivity index (χ2n) is 8.88. The lowest BCUT2D eigenvalue weighted by molar-refractivity contribution is -0.153. The Hall–Kier alpha value is -4.15. The van der Waals surface area contributed by atoms with Crippen LogP contribution in [-0.4, -0.2) is 38.9 Å². The van der Waals surface area contributed by atoms with Gasteiger partial charge in [-0.1, -0.05) is 11.6 Å². The minimum atomic E-state index is -4.69. The molecule has 0 unspecified atom stereocenters. The number of fused-ring (bicyclic) bond motifs is 1. The highest BCUT2D eigenvalue weighted by Crippen LogP contribution is 2.44. The molecule has 2 heterocycles. The zero-order valence-electron chi connectivity index (χ0n) is 20.2. The van der Waals surface area contributed by atoms with E-state index < -0.39 is 29.9 Å². The Morgan fingerprint density at radius 3 is 2.67 bits per heavy atom. The molecule has 1 aliphatic carbocycles. The summed E-state index contributed by atoms with van der Waals surface area (Å²) in [5, 5.41) is 19.9. The number of nitrogens with two attached hydrogens (primary N) is 1. The number of aryl methyl sites for hydroxylation is 1. The van der Waals surface area contributed by atoms with E-state index in [0.717, 1.165) is 12.8 Å². The van der Waals surface area contributed by atoms with Gasteiger partial charge in [-0.25, -0.2) is 9.49 Å². The van der Waals surface area contributed by atoms with Crippen molar-refractivity contribution >= 4 is 22.4 Å². The van der Waals surface area contributed by atoms with Crippen LogP contribution in [0.3, 0.4) is 0 Å². The summed E-state index contributed by atoms with van der Waals surface area (Å²) in [5.74, 6) is -1.20. The number of benzene rings is 2. The highest BCUT2D eigenvalue weighted by atomic mass is 35.5. The van der Waals surface area contributed by atoms with Gasteiger partial charge in [-0.3, -0.25) is 9.48 Å². The number of hydrogen-bond acceptors (Lipinski definition) is 7. The Kier molecular flexibility index (Phi) is 6.69. The SMILES string of the molecule is Cn1ncc(-c2cc(OCC(F)(F)F)c3c(=O)[nH]nc(CN)c3c2)c1-c1c(F)c(Cl)cc(OC2CC2)c1C#N. The summed E-state index contributed by atoms with van der Waals surface area (Å²) in [6.07, 6.45) is -1.91. The van der Waals surface area contributed by atoms with Gasteiger partial charge in [0.15, 0.2) is 12.4 Å². The molecular formula is C25H19ClF4N6O3. The highest BCUT2D eigenvalue weighted by Gasteiger charge is 2.31. The lowest BCUT2D eigenvalue weighted by Gasteiger charge is -2.16. The molecule has 0 bridgehead atoms. The molecule has 202 valence electrons. The number of H-pyrrole nitrogens is 1. The Bertz CT molecular complexity index is 1710. The molecule has 0 saturated heterocycles. The van der Waals surface area contributed by atoms with Gasteiger partial charge in [0.1, 0.15) is 23.1 Å². The van der Waals surface area contributed by atoms with Crippen LogP contribution in [0.1, 0.15) is 24.1 Å². The fraction of sp³-hybridized carbons (Fsp3) is 0.280. The molecular weight excluding hydrogens is 544 g/mol.